The van der Waals surface area contributed by atoms with E-state index in [4.69, 9.17) is 0 Å². The molecule has 26 heavy (non-hydrogen) atoms. The lowest BCUT2D eigenvalue weighted by molar-refractivity contribution is -0.161. The summed E-state index contributed by atoms with van der Waals surface area (Å²) in [6, 6.07) is 9.14. The Labute approximate surface area is 157 Å². The highest BCUT2D eigenvalue weighted by atomic mass is 16.3. The van der Waals surface area contributed by atoms with Crippen LogP contribution in [0.4, 0.5) is 0 Å². The van der Waals surface area contributed by atoms with Crippen LogP contribution in [0, 0.1) is 11.3 Å². The molecule has 1 saturated heterocycles. The van der Waals surface area contributed by atoms with Gasteiger partial charge in [0.1, 0.15) is 0 Å². The van der Waals surface area contributed by atoms with Crippen LogP contribution >= 0.6 is 0 Å². The van der Waals surface area contributed by atoms with Gasteiger partial charge in [0.15, 0.2) is 0 Å². The average molecular weight is 356 g/mol. The molecule has 3 fully saturated rings. The van der Waals surface area contributed by atoms with Gasteiger partial charge in [0.25, 0.3) is 0 Å². The standard InChI is InChI=1S/C23H33NO2/c1-21(2,3)19-7-5-6-16(10-19)17-8-9-23(13-17)14-24(15-23)20(25)18-11-22(4,26)12-18/h5-7,10,17-18,26H,8-9,11-15H2,1-4H3/t17-,18-,22+/m1/s1. The number of rotatable bonds is 2. The van der Waals surface area contributed by atoms with E-state index in [1.54, 1.807) is 0 Å². The summed E-state index contributed by atoms with van der Waals surface area (Å²) in [6.45, 7) is 10.5. The molecule has 1 amide bonds. The summed E-state index contributed by atoms with van der Waals surface area (Å²) in [5, 5.41) is 9.88. The van der Waals surface area contributed by atoms with E-state index >= 15 is 0 Å². The summed E-state index contributed by atoms with van der Waals surface area (Å²) in [4.78, 5) is 14.6. The summed E-state index contributed by atoms with van der Waals surface area (Å²) in [5.41, 5.74) is 2.83. The van der Waals surface area contributed by atoms with Crippen LogP contribution in [0.3, 0.4) is 0 Å². The van der Waals surface area contributed by atoms with Crippen molar-refractivity contribution in [3.05, 3.63) is 35.4 Å². The molecule has 0 aromatic heterocycles. The molecule has 0 radical (unpaired) electrons. The van der Waals surface area contributed by atoms with Gasteiger partial charge in [0.05, 0.1) is 5.60 Å². The topological polar surface area (TPSA) is 40.5 Å². The Bertz CT molecular complexity index is 701. The van der Waals surface area contributed by atoms with E-state index in [0.717, 1.165) is 13.1 Å². The van der Waals surface area contributed by atoms with E-state index in [1.165, 1.54) is 30.4 Å². The number of carbonyl (C=O) groups is 1. The second-order valence-electron chi connectivity index (χ2n) is 10.6. The lowest BCUT2D eigenvalue weighted by Gasteiger charge is -2.52. The third-order valence-corrected chi connectivity index (χ3v) is 7.01. The number of hydrogen-bond donors (Lipinski definition) is 1. The summed E-state index contributed by atoms with van der Waals surface area (Å²) < 4.78 is 0. The number of amides is 1. The monoisotopic (exact) mass is 355 g/mol. The van der Waals surface area contributed by atoms with Crippen LogP contribution in [0.25, 0.3) is 0 Å². The first kappa shape index (κ1) is 18.0. The molecule has 1 N–H and O–H groups in total. The third kappa shape index (κ3) is 3.19. The molecule has 0 bridgehead atoms. The van der Waals surface area contributed by atoms with Gasteiger partial charge in [-0.1, -0.05) is 45.0 Å². The number of aliphatic hydroxyl groups is 1. The first-order valence-electron chi connectivity index (χ1n) is 10.2. The van der Waals surface area contributed by atoms with Crippen molar-refractivity contribution in [2.45, 2.75) is 76.7 Å². The van der Waals surface area contributed by atoms with Crippen molar-refractivity contribution in [1.29, 1.82) is 0 Å². The molecule has 1 aliphatic heterocycles. The molecular formula is C23H33NO2. The van der Waals surface area contributed by atoms with Crippen LogP contribution in [0.15, 0.2) is 24.3 Å². The maximum Gasteiger partial charge on any atom is 0.225 e. The maximum absolute atomic E-state index is 12.6. The van der Waals surface area contributed by atoms with Crippen LogP contribution in [-0.4, -0.2) is 34.6 Å². The maximum atomic E-state index is 12.6. The number of likely N-dealkylation sites (tertiary alicyclic amines) is 1. The van der Waals surface area contributed by atoms with Crippen molar-refractivity contribution in [3.63, 3.8) is 0 Å². The zero-order valence-electron chi connectivity index (χ0n) is 16.7. The normalized spacial score (nSPS) is 33.0. The summed E-state index contributed by atoms with van der Waals surface area (Å²) in [5.74, 6) is 0.974. The molecule has 142 valence electrons. The average Bonchev–Trinajstić information content (AvgIpc) is 2.95. The lowest BCUT2D eigenvalue weighted by Crippen LogP contribution is -2.61. The van der Waals surface area contributed by atoms with E-state index in [0.29, 0.717) is 24.2 Å². The molecule has 2 aliphatic carbocycles. The van der Waals surface area contributed by atoms with E-state index in [1.807, 2.05) is 11.8 Å². The first-order valence-corrected chi connectivity index (χ1v) is 10.2. The van der Waals surface area contributed by atoms with Gasteiger partial charge in [-0.25, -0.2) is 0 Å². The zero-order chi connectivity index (χ0) is 18.7. The second-order valence-corrected chi connectivity index (χ2v) is 10.6. The number of nitrogens with zero attached hydrogens (tertiary/aromatic N) is 1. The number of hydrogen-bond acceptors (Lipinski definition) is 2. The van der Waals surface area contributed by atoms with Crippen LogP contribution in [0.5, 0.6) is 0 Å². The van der Waals surface area contributed by atoms with Gasteiger partial charge in [-0.15, -0.1) is 0 Å². The van der Waals surface area contributed by atoms with E-state index in [9.17, 15) is 9.90 Å². The van der Waals surface area contributed by atoms with Gasteiger partial charge < -0.3 is 10.0 Å². The van der Waals surface area contributed by atoms with Gasteiger partial charge in [0, 0.05) is 24.4 Å². The van der Waals surface area contributed by atoms with Crippen molar-refractivity contribution >= 4 is 5.91 Å². The fourth-order valence-corrected chi connectivity index (χ4v) is 5.39. The first-order chi connectivity index (χ1) is 12.1. The quantitative estimate of drug-likeness (QED) is 0.862. The molecule has 3 heteroatoms. The Morgan fingerprint density at radius 3 is 2.50 bits per heavy atom. The third-order valence-electron chi connectivity index (χ3n) is 7.01. The second kappa shape index (κ2) is 5.82. The van der Waals surface area contributed by atoms with Crippen molar-refractivity contribution < 1.29 is 9.90 Å². The Kier molecular flexibility index (Phi) is 4.04. The zero-order valence-corrected chi connectivity index (χ0v) is 16.7. The number of benzene rings is 1. The SMILES string of the molecule is CC(C)(C)c1cccc([C@@H]2CCC3(C2)CN(C(=O)[C@H]2C[C@@](C)(O)C2)C3)c1. The molecule has 4 rings (SSSR count). The van der Waals surface area contributed by atoms with Crippen LogP contribution in [-0.2, 0) is 10.2 Å². The van der Waals surface area contributed by atoms with Crippen molar-refractivity contribution in [1.82, 2.24) is 4.90 Å². The molecule has 3 nitrogen and oxygen atoms in total. The molecular weight excluding hydrogens is 322 g/mol. The summed E-state index contributed by atoms with van der Waals surface area (Å²) in [7, 11) is 0. The number of carbonyl (C=O) groups excluding carboxylic acids is 1. The van der Waals surface area contributed by atoms with E-state index in [-0.39, 0.29) is 17.2 Å². The molecule has 1 atom stereocenters. The smallest absolute Gasteiger partial charge is 0.225 e. The van der Waals surface area contributed by atoms with Gasteiger partial charge in [-0.3, -0.25) is 4.79 Å². The lowest BCUT2D eigenvalue weighted by atomic mass is 9.69. The van der Waals surface area contributed by atoms with E-state index in [2.05, 4.69) is 45.0 Å². The van der Waals surface area contributed by atoms with Crippen molar-refractivity contribution in [2.75, 3.05) is 13.1 Å². The Hall–Kier alpha value is -1.35. The van der Waals surface area contributed by atoms with Gasteiger partial charge in [-0.2, -0.15) is 0 Å². The molecule has 1 aromatic rings. The molecule has 3 aliphatic rings. The Morgan fingerprint density at radius 1 is 1.19 bits per heavy atom. The van der Waals surface area contributed by atoms with Crippen LogP contribution in [0.2, 0.25) is 0 Å². The summed E-state index contributed by atoms with van der Waals surface area (Å²) in [6.07, 6.45) is 4.97. The van der Waals surface area contributed by atoms with Crippen LogP contribution in [0.1, 0.15) is 76.8 Å². The molecule has 1 heterocycles. The highest BCUT2D eigenvalue weighted by Crippen LogP contribution is 2.53. The minimum Gasteiger partial charge on any atom is -0.390 e. The van der Waals surface area contributed by atoms with Crippen molar-refractivity contribution in [2.24, 2.45) is 11.3 Å². The minimum absolute atomic E-state index is 0.0583. The molecule has 0 unspecified atom stereocenters. The van der Waals surface area contributed by atoms with Crippen molar-refractivity contribution in [3.8, 4) is 0 Å². The summed E-state index contributed by atoms with van der Waals surface area (Å²) >= 11 is 0. The fraction of sp³-hybridized carbons (Fsp3) is 0.696. The van der Waals surface area contributed by atoms with E-state index < -0.39 is 5.60 Å². The largest absolute Gasteiger partial charge is 0.390 e. The molecule has 1 aromatic carbocycles. The highest BCUT2D eigenvalue weighted by molar-refractivity contribution is 5.81. The van der Waals surface area contributed by atoms with Crippen LogP contribution < -0.4 is 0 Å². The highest BCUT2D eigenvalue weighted by Gasteiger charge is 2.53. The molecule has 1 spiro atoms. The fourth-order valence-electron chi connectivity index (χ4n) is 5.39. The van der Waals surface area contributed by atoms with Gasteiger partial charge in [-0.05, 0) is 61.5 Å². The Morgan fingerprint density at radius 2 is 1.88 bits per heavy atom. The molecule has 2 saturated carbocycles. The Balaban J connectivity index is 1.36. The minimum atomic E-state index is -0.612. The predicted octanol–water partition coefficient (Wildman–Crippen LogP) is 4.24. The predicted molar refractivity (Wildman–Crippen MR) is 104 cm³/mol. The van der Waals surface area contributed by atoms with Gasteiger partial charge >= 0.3 is 0 Å². The van der Waals surface area contributed by atoms with Gasteiger partial charge in [0.2, 0.25) is 5.91 Å².